The smallest absolute Gasteiger partial charge is 0.410 e. The number of aromatic amines is 1. The number of hydrogen-bond donors (Lipinski definition) is 1. The molecule has 0 aromatic carbocycles. The molecular formula is C19H27N3O4. The number of pyridine rings is 1. The van der Waals surface area contributed by atoms with Crippen LogP contribution in [0.3, 0.4) is 0 Å². The van der Waals surface area contributed by atoms with Gasteiger partial charge >= 0.3 is 6.09 Å². The number of amides is 2. The van der Waals surface area contributed by atoms with Gasteiger partial charge in [-0.1, -0.05) is 26.2 Å². The monoisotopic (exact) mass is 361 g/mol. The Morgan fingerprint density at radius 1 is 1.23 bits per heavy atom. The van der Waals surface area contributed by atoms with E-state index in [0.29, 0.717) is 32.5 Å². The van der Waals surface area contributed by atoms with E-state index >= 15 is 0 Å². The van der Waals surface area contributed by atoms with Crippen molar-refractivity contribution in [2.45, 2.75) is 51.0 Å². The van der Waals surface area contributed by atoms with E-state index in [1.54, 1.807) is 21.9 Å². The summed E-state index contributed by atoms with van der Waals surface area (Å²) < 4.78 is 5.70. The molecular weight excluding hydrogens is 334 g/mol. The van der Waals surface area contributed by atoms with Crippen LogP contribution < -0.4 is 5.56 Å². The zero-order chi connectivity index (χ0) is 18.6. The molecule has 0 saturated carbocycles. The normalized spacial score (nSPS) is 19.0. The molecule has 2 aliphatic rings. The average molecular weight is 361 g/mol. The van der Waals surface area contributed by atoms with Gasteiger partial charge in [-0.2, -0.15) is 0 Å². The Balaban J connectivity index is 1.55. The van der Waals surface area contributed by atoms with Crippen molar-refractivity contribution in [3.8, 4) is 0 Å². The maximum absolute atomic E-state index is 12.5. The Bertz CT molecular complexity index is 707. The molecule has 26 heavy (non-hydrogen) atoms. The zero-order valence-corrected chi connectivity index (χ0v) is 15.3. The minimum Gasteiger partial charge on any atom is -0.441 e. The van der Waals surface area contributed by atoms with Gasteiger partial charge in [0, 0.05) is 38.7 Å². The number of carbonyl (C=O) groups is 2. The van der Waals surface area contributed by atoms with Gasteiger partial charge in [0.25, 0.3) is 11.5 Å². The van der Waals surface area contributed by atoms with Crippen molar-refractivity contribution in [1.29, 1.82) is 0 Å². The van der Waals surface area contributed by atoms with Crippen LogP contribution in [0.4, 0.5) is 4.79 Å². The molecule has 0 atom stereocenters. The van der Waals surface area contributed by atoms with Crippen LogP contribution in [-0.2, 0) is 4.74 Å². The molecule has 2 aliphatic heterocycles. The molecule has 1 spiro atoms. The Kier molecular flexibility index (Phi) is 5.64. The fourth-order valence-corrected chi connectivity index (χ4v) is 3.73. The Labute approximate surface area is 153 Å². The standard InChI is InChI=1S/C19H27N3O4/c1-2-3-4-5-11-22-14-19(26-18(22)25)8-12-21(13-9-19)17(24)15-7-6-10-20-16(15)23/h6-7,10H,2-5,8-9,11-14H2,1H3,(H,20,23). The van der Waals surface area contributed by atoms with Gasteiger partial charge in [0.1, 0.15) is 11.2 Å². The van der Waals surface area contributed by atoms with Gasteiger partial charge in [0.15, 0.2) is 0 Å². The minimum atomic E-state index is -0.484. The Hall–Kier alpha value is -2.31. The van der Waals surface area contributed by atoms with Crippen molar-refractivity contribution in [2.75, 3.05) is 26.2 Å². The lowest BCUT2D eigenvalue weighted by Crippen LogP contribution is -2.49. The lowest BCUT2D eigenvalue weighted by molar-refractivity contribution is 0.00309. The van der Waals surface area contributed by atoms with E-state index in [9.17, 15) is 14.4 Å². The molecule has 142 valence electrons. The SMILES string of the molecule is CCCCCCN1CC2(CCN(C(=O)c3ccc[nH]c3=O)CC2)OC1=O. The number of nitrogens with zero attached hydrogens (tertiary/aromatic N) is 2. The number of unbranched alkanes of at least 4 members (excludes halogenated alkanes) is 3. The Morgan fingerprint density at radius 3 is 2.69 bits per heavy atom. The van der Waals surface area contributed by atoms with Crippen LogP contribution in [0.25, 0.3) is 0 Å². The van der Waals surface area contributed by atoms with Gasteiger partial charge in [0.05, 0.1) is 6.54 Å². The molecule has 0 radical (unpaired) electrons. The second kappa shape index (κ2) is 7.93. The van der Waals surface area contributed by atoms with E-state index in [0.717, 1.165) is 19.4 Å². The van der Waals surface area contributed by atoms with Crippen molar-refractivity contribution in [1.82, 2.24) is 14.8 Å². The quantitative estimate of drug-likeness (QED) is 0.789. The van der Waals surface area contributed by atoms with Gasteiger partial charge in [-0.05, 0) is 18.6 Å². The van der Waals surface area contributed by atoms with Crippen molar-refractivity contribution in [3.05, 3.63) is 34.2 Å². The first-order chi connectivity index (χ1) is 12.5. The second-order valence-corrected chi connectivity index (χ2v) is 7.24. The Morgan fingerprint density at radius 2 is 2.00 bits per heavy atom. The summed E-state index contributed by atoms with van der Waals surface area (Å²) in [6, 6.07) is 3.19. The zero-order valence-electron chi connectivity index (χ0n) is 15.3. The topological polar surface area (TPSA) is 82.7 Å². The van der Waals surface area contributed by atoms with E-state index in [-0.39, 0.29) is 23.1 Å². The molecule has 7 nitrogen and oxygen atoms in total. The number of ether oxygens (including phenoxy) is 1. The van der Waals surface area contributed by atoms with Gasteiger partial charge in [-0.3, -0.25) is 9.59 Å². The lowest BCUT2D eigenvalue weighted by atomic mass is 9.91. The molecule has 2 fully saturated rings. The van der Waals surface area contributed by atoms with Crippen molar-refractivity contribution < 1.29 is 14.3 Å². The van der Waals surface area contributed by atoms with Crippen LogP contribution >= 0.6 is 0 Å². The fourth-order valence-electron chi connectivity index (χ4n) is 3.73. The number of rotatable bonds is 6. The number of hydrogen-bond acceptors (Lipinski definition) is 4. The molecule has 1 N–H and O–H groups in total. The summed E-state index contributed by atoms with van der Waals surface area (Å²) in [5.41, 5.74) is -0.699. The van der Waals surface area contributed by atoms with E-state index in [2.05, 4.69) is 11.9 Å². The number of likely N-dealkylation sites (tertiary alicyclic amines) is 1. The predicted octanol–water partition coefficient (Wildman–Crippen LogP) is 2.38. The summed E-state index contributed by atoms with van der Waals surface area (Å²) in [7, 11) is 0. The largest absolute Gasteiger partial charge is 0.441 e. The molecule has 0 unspecified atom stereocenters. The summed E-state index contributed by atoms with van der Waals surface area (Å²) in [6.07, 6.45) is 6.98. The van der Waals surface area contributed by atoms with Crippen molar-refractivity contribution in [3.63, 3.8) is 0 Å². The molecule has 0 bridgehead atoms. The third-order valence-corrected chi connectivity index (χ3v) is 5.33. The maximum atomic E-state index is 12.5. The molecule has 3 heterocycles. The van der Waals surface area contributed by atoms with E-state index < -0.39 is 5.60 Å². The first-order valence-electron chi connectivity index (χ1n) is 9.49. The molecule has 1 aromatic heterocycles. The number of piperidine rings is 1. The predicted molar refractivity (Wildman–Crippen MR) is 97.1 cm³/mol. The van der Waals surface area contributed by atoms with E-state index in [1.807, 2.05) is 0 Å². The van der Waals surface area contributed by atoms with E-state index in [4.69, 9.17) is 4.74 Å². The highest BCUT2D eigenvalue weighted by molar-refractivity contribution is 5.93. The van der Waals surface area contributed by atoms with Crippen LogP contribution in [0, 0.1) is 0 Å². The van der Waals surface area contributed by atoms with Crippen LogP contribution in [0.2, 0.25) is 0 Å². The minimum absolute atomic E-state index is 0.157. The summed E-state index contributed by atoms with van der Waals surface area (Å²) >= 11 is 0. The van der Waals surface area contributed by atoms with Crippen LogP contribution in [-0.4, -0.2) is 58.6 Å². The molecule has 2 amide bonds. The molecule has 7 heteroatoms. The molecule has 2 saturated heterocycles. The fraction of sp³-hybridized carbons (Fsp3) is 0.632. The van der Waals surface area contributed by atoms with Gasteiger partial charge in [-0.25, -0.2) is 4.79 Å². The summed E-state index contributed by atoms with van der Waals surface area (Å²) in [5, 5.41) is 0. The van der Waals surface area contributed by atoms with Crippen LogP contribution in [0.1, 0.15) is 55.8 Å². The highest BCUT2D eigenvalue weighted by Crippen LogP contribution is 2.33. The summed E-state index contributed by atoms with van der Waals surface area (Å²) in [5.74, 6) is -0.262. The highest BCUT2D eigenvalue weighted by atomic mass is 16.6. The van der Waals surface area contributed by atoms with E-state index in [1.165, 1.54) is 19.0 Å². The lowest BCUT2D eigenvalue weighted by Gasteiger charge is -2.37. The second-order valence-electron chi connectivity index (χ2n) is 7.24. The molecule has 0 aliphatic carbocycles. The summed E-state index contributed by atoms with van der Waals surface area (Å²) in [6.45, 7) is 4.49. The molecule has 1 aromatic rings. The highest BCUT2D eigenvalue weighted by Gasteiger charge is 2.47. The van der Waals surface area contributed by atoms with Gasteiger partial charge < -0.3 is 19.5 Å². The number of H-pyrrole nitrogens is 1. The summed E-state index contributed by atoms with van der Waals surface area (Å²) in [4.78, 5) is 42.5. The maximum Gasteiger partial charge on any atom is 0.410 e. The number of nitrogens with one attached hydrogen (secondary N) is 1. The van der Waals surface area contributed by atoms with Gasteiger partial charge in [-0.15, -0.1) is 0 Å². The van der Waals surface area contributed by atoms with Crippen molar-refractivity contribution in [2.24, 2.45) is 0 Å². The first kappa shape index (κ1) is 18.5. The van der Waals surface area contributed by atoms with Gasteiger partial charge in [0.2, 0.25) is 0 Å². The van der Waals surface area contributed by atoms with Crippen molar-refractivity contribution >= 4 is 12.0 Å². The van der Waals surface area contributed by atoms with Crippen LogP contribution in [0.15, 0.2) is 23.1 Å². The first-order valence-corrected chi connectivity index (χ1v) is 9.49. The number of carbonyl (C=O) groups excluding carboxylic acids is 2. The average Bonchev–Trinajstić information content (AvgIpc) is 2.94. The number of aromatic nitrogens is 1. The molecule has 3 rings (SSSR count). The van der Waals surface area contributed by atoms with Crippen LogP contribution in [0.5, 0.6) is 0 Å². The third-order valence-electron chi connectivity index (χ3n) is 5.33. The third kappa shape index (κ3) is 3.92.